The Hall–Kier alpha value is -3.59. The van der Waals surface area contributed by atoms with E-state index in [1.54, 1.807) is 4.90 Å². The van der Waals surface area contributed by atoms with E-state index >= 15 is 0 Å². The fourth-order valence-corrected chi connectivity index (χ4v) is 6.34. The summed E-state index contributed by atoms with van der Waals surface area (Å²) in [4.78, 5) is 20.0. The van der Waals surface area contributed by atoms with Crippen LogP contribution in [-0.2, 0) is 4.79 Å². The second-order valence-corrected chi connectivity index (χ2v) is 11.2. The Balaban J connectivity index is 1.51. The number of nitrogens with zero attached hydrogens (tertiary/aromatic N) is 4. The van der Waals surface area contributed by atoms with Gasteiger partial charge in [0.1, 0.15) is 11.6 Å². The van der Waals surface area contributed by atoms with Gasteiger partial charge in [0.2, 0.25) is 5.91 Å². The highest BCUT2D eigenvalue weighted by molar-refractivity contribution is 5.95. The fourth-order valence-electron chi connectivity index (χ4n) is 6.34. The molecule has 4 aromatic rings. The van der Waals surface area contributed by atoms with E-state index < -0.39 is 23.3 Å². The van der Waals surface area contributed by atoms with Crippen LogP contribution >= 0.6 is 0 Å². The number of carbonyl (C=O) groups is 1. The number of halogens is 2. The van der Waals surface area contributed by atoms with E-state index in [-0.39, 0.29) is 11.9 Å². The normalized spacial score (nSPS) is 24.1. The van der Waals surface area contributed by atoms with E-state index in [4.69, 9.17) is 9.51 Å². The number of aliphatic hydroxyl groups is 1. The van der Waals surface area contributed by atoms with Crippen LogP contribution in [0.1, 0.15) is 81.2 Å². The summed E-state index contributed by atoms with van der Waals surface area (Å²) in [5.74, 6) is -0.627. The van der Waals surface area contributed by atoms with Crippen molar-refractivity contribution in [2.75, 3.05) is 4.90 Å². The van der Waals surface area contributed by atoms with Crippen LogP contribution in [0.15, 0.2) is 40.9 Å². The van der Waals surface area contributed by atoms with Gasteiger partial charge in [0, 0.05) is 29.8 Å². The number of hydrogen-bond donors (Lipinski definition) is 1. The molecular formula is C30H32F2N4O3. The fraction of sp³-hybridized carbons (Fsp3) is 0.433. The Morgan fingerprint density at radius 2 is 1.82 bits per heavy atom. The molecule has 2 aromatic carbocycles. The van der Waals surface area contributed by atoms with Gasteiger partial charge in [-0.2, -0.15) is 0 Å². The van der Waals surface area contributed by atoms with Crippen molar-refractivity contribution in [2.24, 2.45) is 0 Å². The first kappa shape index (κ1) is 25.7. The van der Waals surface area contributed by atoms with Crippen LogP contribution in [-0.4, -0.2) is 31.3 Å². The van der Waals surface area contributed by atoms with Gasteiger partial charge in [-0.3, -0.25) is 4.79 Å². The predicted molar refractivity (Wildman–Crippen MR) is 143 cm³/mol. The van der Waals surface area contributed by atoms with Gasteiger partial charge in [0.15, 0.2) is 11.6 Å². The molecule has 204 valence electrons. The SMILES string of the molecule is Cc1noc(C)c1-c1ccc2c(c1)nc(C1CCCC(=O)N1c1ccc(F)c(F)c1)n2C1CCC(C)(O)CC1. The Labute approximate surface area is 225 Å². The quantitative estimate of drug-likeness (QED) is 0.315. The summed E-state index contributed by atoms with van der Waals surface area (Å²) in [5, 5.41) is 14.7. The molecule has 1 aliphatic carbocycles. The molecular weight excluding hydrogens is 502 g/mol. The maximum Gasteiger partial charge on any atom is 0.227 e. The van der Waals surface area contributed by atoms with Crippen molar-refractivity contribution >= 4 is 22.6 Å². The summed E-state index contributed by atoms with van der Waals surface area (Å²) in [7, 11) is 0. The van der Waals surface area contributed by atoms with Gasteiger partial charge in [0.25, 0.3) is 0 Å². The number of hydrogen-bond acceptors (Lipinski definition) is 5. The van der Waals surface area contributed by atoms with Gasteiger partial charge in [-0.15, -0.1) is 0 Å². The van der Waals surface area contributed by atoms with Crippen molar-refractivity contribution in [2.45, 2.75) is 83.4 Å². The van der Waals surface area contributed by atoms with E-state index in [1.807, 2.05) is 39.0 Å². The molecule has 3 heterocycles. The van der Waals surface area contributed by atoms with Crippen molar-refractivity contribution in [3.05, 3.63) is 65.3 Å². The topological polar surface area (TPSA) is 84.4 Å². The Bertz CT molecular complexity index is 1540. The second kappa shape index (κ2) is 9.55. The van der Waals surface area contributed by atoms with Crippen molar-refractivity contribution in [1.29, 1.82) is 0 Å². The number of anilines is 1. The summed E-state index contributed by atoms with van der Waals surface area (Å²) in [6, 6.07) is 9.36. The molecule has 1 unspecified atom stereocenters. The van der Waals surface area contributed by atoms with Crippen molar-refractivity contribution in [1.82, 2.24) is 14.7 Å². The smallest absolute Gasteiger partial charge is 0.227 e. The Kier molecular flexibility index (Phi) is 6.29. The molecule has 39 heavy (non-hydrogen) atoms. The second-order valence-electron chi connectivity index (χ2n) is 11.2. The zero-order valence-electron chi connectivity index (χ0n) is 22.4. The number of aromatic nitrogens is 3. The van der Waals surface area contributed by atoms with Gasteiger partial charge in [-0.05, 0) is 89.1 Å². The van der Waals surface area contributed by atoms with Crippen LogP contribution < -0.4 is 4.90 Å². The lowest BCUT2D eigenvalue weighted by Crippen LogP contribution is -2.40. The summed E-state index contributed by atoms with van der Waals surface area (Å²) < 4.78 is 35.7. The highest BCUT2D eigenvalue weighted by Gasteiger charge is 2.38. The number of rotatable bonds is 4. The molecule has 1 amide bonds. The molecule has 7 nitrogen and oxygen atoms in total. The number of carbonyl (C=O) groups excluding carboxylic acids is 1. The van der Waals surface area contributed by atoms with Crippen LogP contribution in [0.3, 0.4) is 0 Å². The van der Waals surface area contributed by atoms with Crippen LogP contribution in [0.25, 0.3) is 22.2 Å². The Morgan fingerprint density at radius 1 is 1.05 bits per heavy atom. The van der Waals surface area contributed by atoms with Crippen molar-refractivity contribution < 1.29 is 23.2 Å². The molecule has 0 radical (unpaired) electrons. The van der Waals surface area contributed by atoms with E-state index in [2.05, 4.69) is 9.72 Å². The number of aryl methyl sites for hydroxylation is 2. The molecule has 1 saturated carbocycles. The monoisotopic (exact) mass is 534 g/mol. The summed E-state index contributed by atoms with van der Waals surface area (Å²) in [6.07, 6.45) is 4.50. The summed E-state index contributed by atoms with van der Waals surface area (Å²) in [5.41, 5.74) is 4.01. The van der Waals surface area contributed by atoms with E-state index in [9.17, 15) is 18.7 Å². The lowest BCUT2D eigenvalue weighted by molar-refractivity contribution is -0.120. The van der Waals surface area contributed by atoms with E-state index in [0.29, 0.717) is 37.8 Å². The zero-order chi connectivity index (χ0) is 27.5. The summed E-state index contributed by atoms with van der Waals surface area (Å²) in [6.45, 7) is 5.66. The van der Waals surface area contributed by atoms with E-state index in [1.165, 1.54) is 6.07 Å². The lowest BCUT2D eigenvalue weighted by Gasteiger charge is -2.38. The minimum Gasteiger partial charge on any atom is -0.390 e. The number of piperidine rings is 1. The van der Waals surface area contributed by atoms with Crippen molar-refractivity contribution in [3.8, 4) is 11.1 Å². The number of benzene rings is 2. The van der Waals surface area contributed by atoms with Gasteiger partial charge in [-0.1, -0.05) is 11.2 Å². The predicted octanol–water partition coefficient (Wildman–Crippen LogP) is 6.71. The molecule has 0 bridgehead atoms. The molecule has 2 fully saturated rings. The molecule has 6 rings (SSSR count). The molecule has 1 N–H and O–H groups in total. The molecule has 2 aromatic heterocycles. The molecule has 2 aliphatic rings. The average Bonchev–Trinajstić information content (AvgIpc) is 3.44. The number of imidazole rings is 1. The first-order valence-electron chi connectivity index (χ1n) is 13.6. The van der Waals surface area contributed by atoms with Crippen LogP contribution in [0.4, 0.5) is 14.5 Å². The minimum absolute atomic E-state index is 0.0824. The molecule has 1 atom stereocenters. The van der Waals surface area contributed by atoms with Crippen LogP contribution in [0.2, 0.25) is 0 Å². The van der Waals surface area contributed by atoms with E-state index in [0.717, 1.165) is 64.4 Å². The maximum atomic E-state index is 14.3. The Morgan fingerprint density at radius 3 is 2.51 bits per heavy atom. The average molecular weight is 535 g/mol. The first-order valence-corrected chi connectivity index (χ1v) is 13.6. The molecule has 9 heteroatoms. The first-order chi connectivity index (χ1) is 18.6. The number of amides is 1. The highest BCUT2D eigenvalue weighted by atomic mass is 19.2. The van der Waals surface area contributed by atoms with Gasteiger partial charge >= 0.3 is 0 Å². The lowest BCUT2D eigenvalue weighted by atomic mass is 9.83. The highest BCUT2D eigenvalue weighted by Crippen LogP contribution is 2.43. The molecule has 1 aliphatic heterocycles. The zero-order valence-corrected chi connectivity index (χ0v) is 22.4. The molecule has 1 saturated heterocycles. The van der Waals surface area contributed by atoms with Gasteiger partial charge in [-0.25, -0.2) is 13.8 Å². The third-order valence-corrected chi connectivity index (χ3v) is 8.36. The third kappa shape index (κ3) is 4.52. The third-order valence-electron chi connectivity index (χ3n) is 8.36. The standard InChI is InChI=1S/C30H32F2N4O3/c1-17-28(18(2)39-34-17)19-7-10-25-24(15-19)33-29(36(25)20-11-13-30(3,38)14-12-20)26-5-4-6-27(37)35(26)21-8-9-22(31)23(32)16-21/h7-10,15-16,20,26,38H,4-6,11-14H2,1-3H3. The summed E-state index contributed by atoms with van der Waals surface area (Å²) >= 11 is 0. The largest absolute Gasteiger partial charge is 0.390 e. The minimum atomic E-state index is -0.989. The maximum absolute atomic E-state index is 14.3. The van der Waals surface area contributed by atoms with Gasteiger partial charge in [0.05, 0.1) is 28.4 Å². The molecule has 0 spiro atoms. The van der Waals surface area contributed by atoms with Crippen LogP contribution in [0.5, 0.6) is 0 Å². The number of fused-ring (bicyclic) bond motifs is 1. The van der Waals surface area contributed by atoms with Crippen LogP contribution in [0, 0.1) is 25.5 Å². The van der Waals surface area contributed by atoms with Crippen molar-refractivity contribution in [3.63, 3.8) is 0 Å². The van der Waals surface area contributed by atoms with Gasteiger partial charge < -0.3 is 19.1 Å².